The van der Waals surface area contributed by atoms with E-state index in [4.69, 9.17) is 11.6 Å². The van der Waals surface area contributed by atoms with E-state index in [-0.39, 0.29) is 6.61 Å². The van der Waals surface area contributed by atoms with Crippen molar-refractivity contribution in [1.82, 2.24) is 5.32 Å². The van der Waals surface area contributed by atoms with Gasteiger partial charge in [0.05, 0.1) is 6.61 Å². The van der Waals surface area contributed by atoms with Gasteiger partial charge in [0.1, 0.15) is 0 Å². The number of benzene rings is 1. The van der Waals surface area contributed by atoms with Crippen molar-refractivity contribution in [2.24, 2.45) is 0 Å². The van der Waals surface area contributed by atoms with Crippen molar-refractivity contribution in [2.75, 3.05) is 31.1 Å². The molecule has 0 amide bonds. The van der Waals surface area contributed by atoms with E-state index in [1.807, 2.05) is 18.2 Å². The molecule has 2 N–H and O–H groups in total. The van der Waals surface area contributed by atoms with Gasteiger partial charge in [-0.1, -0.05) is 11.6 Å². The minimum atomic E-state index is 0.0415. The summed E-state index contributed by atoms with van der Waals surface area (Å²) < 4.78 is 0. The van der Waals surface area contributed by atoms with Crippen LogP contribution in [-0.4, -0.2) is 31.3 Å². The fourth-order valence-electron chi connectivity index (χ4n) is 1.89. The second-order valence-electron chi connectivity index (χ2n) is 3.67. The molecular formula is C11H15ClN2O. The minimum Gasteiger partial charge on any atom is -0.392 e. The Kier molecular flexibility index (Phi) is 3.46. The van der Waals surface area contributed by atoms with Crippen LogP contribution in [0.4, 0.5) is 5.69 Å². The van der Waals surface area contributed by atoms with Gasteiger partial charge in [-0.3, -0.25) is 0 Å². The molecule has 0 bridgehead atoms. The van der Waals surface area contributed by atoms with Gasteiger partial charge in [-0.2, -0.15) is 0 Å². The van der Waals surface area contributed by atoms with E-state index in [0.29, 0.717) is 5.02 Å². The fourth-order valence-corrected chi connectivity index (χ4v) is 2.09. The zero-order chi connectivity index (χ0) is 10.7. The van der Waals surface area contributed by atoms with Crippen LogP contribution in [0.5, 0.6) is 0 Å². The van der Waals surface area contributed by atoms with E-state index in [2.05, 4.69) is 10.2 Å². The van der Waals surface area contributed by atoms with Crippen LogP contribution in [0, 0.1) is 0 Å². The van der Waals surface area contributed by atoms with Gasteiger partial charge in [0.15, 0.2) is 0 Å². The summed E-state index contributed by atoms with van der Waals surface area (Å²) in [6.07, 6.45) is 0. The lowest BCUT2D eigenvalue weighted by Gasteiger charge is -2.31. The largest absolute Gasteiger partial charge is 0.392 e. The van der Waals surface area contributed by atoms with Gasteiger partial charge < -0.3 is 15.3 Å². The maximum Gasteiger partial charge on any atom is 0.0702 e. The summed E-state index contributed by atoms with van der Waals surface area (Å²) >= 11 is 5.89. The summed E-state index contributed by atoms with van der Waals surface area (Å²) in [4.78, 5) is 2.28. The number of aliphatic hydroxyl groups excluding tert-OH is 1. The smallest absolute Gasteiger partial charge is 0.0702 e. The molecule has 15 heavy (non-hydrogen) atoms. The summed E-state index contributed by atoms with van der Waals surface area (Å²) in [6.45, 7) is 3.99. The van der Waals surface area contributed by atoms with E-state index in [1.54, 1.807) is 0 Å². The van der Waals surface area contributed by atoms with Crippen LogP contribution in [0.1, 0.15) is 5.56 Å². The van der Waals surface area contributed by atoms with Crippen LogP contribution in [0.3, 0.4) is 0 Å². The molecule has 0 spiro atoms. The van der Waals surface area contributed by atoms with E-state index in [1.165, 1.54) is 0 Å². The summed E-state index contributed by atoms with van der Waals surface area (Å²) in [5.74, 6) is 0. The van der Waals surface area contributed by atoms with Crippen molar-refractivity contribution in [3.8, 4) is 0 Å². The maximum atomic E-state index is 9.27. The predicted octanol–water partition coefficient (Wildman–Crippen LogP) is 1.24. The Morgan fingerprint density at radius 2 is 2.07 bits per heavy atom. The number of hydrogen-bond acceptors (Lipinski definition) is 3. The average molecular weight is 227 g/mol. The quantitative estimate of drug-likeness (QED) is 0.797. The van der Waals surface area contributed by atoms with Crippen LogP contribution >= 0.6 is 11.6 Å². The van der Waals surface area contributed by atoms with E-state index < -0.39 is 0 Å². The minimum absolute atomic E-state index is 0.0415. The lowest BCUT2D eigenvalue weighted by molar-refractivity contribution is 0.282. The number of halogens is 1. The third-order valence-electron chi connectivity index (χ3n) is 2.67. The van der Waals surface area contributed by atoms with Gasteiger partial charge in [-0.15, -0.1) is 0 Å². The first-order valence-corrected chi connectivity index (χ1v) is 5.54. The van der Waals surface area contributed by atoms with Crippen LogP contribution in [0.25, 0.3) is 0 Å². The number of anilines is 1. The van der Waals surface area contributed by atoms with Crippen LogP contribution < -0.4 is 10.2 Å². The van der Waals surface area contributed by atoms with Crippen LogP contribution in [0.15, 0.2) is 18.2 Å². The number of nitrogens with zero attached hydrogens (tertiary/aromatic N) is 1. The highest BCUT2D eigenvalue weighted by Gasteiger charge is 2.13. The Morgan fingerprint density at radius 1 is 1.33 bits per heavy atom. The van der Waals surface area contributed by atoms with Gasteiger partial charge in [-0.25, -0.2) is 0 Å². The molecule has 2 rings (SSSR count). The molecular weight excluding hydrogens is 212 g/mol. The summed E-state index contributed by atoms with van der Waals surface area (Å²) in [5, 5.41) is 13.3. The topological polar surface area (TPSA) is 35.5 Å². The van der Waals surface area contributed by atoms with E-state index in [9.17, 15) is 5.11 Å². The third-order valence-corrected chi connectivity index (χ3v) is 2.90. The van der Waals surface area contributed by atoms with Crippen molar-refractivity contribution in [3.05, 3.63) is 28.8 Å². The zero-order valence-electron chi connectivity index (χ0n) is 8.54. The van der Waals surface area contributed by atoms with Crippen molar-refractivity contribution in [3.63, 3.8) is 0 Å². The van der Waals surface area contributed by atoms with Crippen molar-refractivity contribution >= 4 is 17.3 Å². The molecule has 1 fully saturated rings. The molecule has 1 heterocycles. The third kappa shape index (κ3) is 2.43. The van der Waals surface area contributed by atoms with E-state index in [0.717, 1.165) is 37.4 Å². The fraction of sp³-hybridized carbons (Fsp3) is 0.455. The van der Waals surface area contributed by atoms with Gasteiger partial charge in [0, 0.05) is 42.5 Å². The highest BCUT2D eigenvalue weighted by atomic mass is 35.5. The summed E-state index contributed by atoms with van der Waals surface area (Å²) in [5.41, 5.74) is 2.01. The standard InChI is InChI=1S/C11H15ClN2O/c12-10-1-2-11(9(7-10)8-15)14-5-3-13-4-6-14/h1-2,7,13,15H,3-6,8H2. The van der Waals surface area contributed by atoms with Gasteiger partial charge in [0.25, 0.3) is 0 Å². The molecule has 1 aromatic rings. The highest BCUT2D eigenvalue weighted by molar-refractivity contribution is 6.30. The van der Waals surface area contributed by atoms with Crippen molar-refractivity contribution < 1.29 is 5.11 Å². The molecule has 3 nitrogen and oxygen atoms in total. The summed E-state index contributed by atoms with van der Waals surface area (Å²) in [6, 6.07) is 5.69. The van der Waals surface area contributed by atoms with Crippen LogP contribution in [0.2, 0.25) is 5.02 Å². The SMILES string of the molecule is OCc1cc(Cl)ccc1N1CCNCC1. The number of hydrogen-bond donors (Lipinski definition) is 2. The second kappa shape index (κ2) is 4.84. The summed E-state index contributed by atoms with van der Waals surface area (Å²) in [7, 11) is 0. The number of nitrogens with one attached hydrogen (secondary N) is 1. The second-order valence-corrected chi connectivity index (χ2v) is 4.10. The van der Waals surface area contributed by atoms with Crippen LogP contribution in [-0.2, 0) is 6.61 Å². The van der Waals surface area contributed by atoms with E-state index >= 15 is 0 Å². The molecule has 0 aliphatic carbocycles. The molecule has 0 aromatic heterocycles. The zero-order valence-corrected chi connectivity index (χ0v) is 9.30. The molecule has 4 heteroatoms. The number of piperazine rings is 1. The molecule has 1 saturated heterocycles. The number of aliphatic hydroxyl groups is 1. The number of rotatable bonds is 2. The Balaban J connectivity index is 2.25. The molecule has 1 aliphatic rings. The first-order valence-electron chi connectivity index (χ1n) is 5.16. The predicted molar refractivity (Wildman–Crippen MR) is 62.5 cm³/mol. The molecule has 0 atom stereocenters. The van der Waals surface area contributed by atoms with Crippen molar-refractivity contribution in [2.45, 2.75) is 6.61 Å². The monoisotopic (exact) mass is 226 g/mol. The molecule has 0 unspecified atom stereocenters. The molecule has 1 aliphatic heterocycles. The lowest BCUT2D eigenvalue weighted by Crippen LogP contribution is -2.43. The first-order chi connectivity index (χ1) is 7.31. The maximum absolute atomic E-state index is 9.27. The Bertz CT molecular complexity index is 337. The van der Waals surface area contributed by atoms with Gasteiger partial charge >= 0.3 is 0 Å². The molecule has 1 aromatic carbocycles. The Hall–Kier alpha value is -0.770. The Morgan fingerprint density at radius 3 is 2.73 bits per heavy atom. The lowest BCUT2D eigenvalue weighted by atomic mass is 10.1. The first kappa shape index (κ1) is 10.7. The normalized spacial score (nSPS) is 16.8. The Labute approximate surface area is 94.7 Å². The van der Waals surface area contributed by atoms with Gasteiger partial charge in [0.2, 0.25) is 0 Å². The molecule has 82 valence electrons. The molecule has 0 radical (unpaired) electrons. The average Bonchev–Trinajstić information content (AvgIpc) is 2.30. The molecule has 0 saturated carbocycles. The highest BCUT2D eigenvalue weighted by Crippen LogP contribution is 2.24. The van der Waals surface area contributed by atoms with Crippen molar-refractivity contribution in [1.29, 1.82) is 0 Å². The van der Waals surface area contributed by atoms with Gasteiger partial charge in [-0.05, 0) is 18.2 Å².